The molecule has 1 aliphatic carbocycles. The number of halogens is 2. The summed E-state index contributed by atoms with van der Waals surface area (Å²) < 4.78 is 1.43. The molecule has 0 atom stereocenters. The van der Waals surface area contributed by atoms with Crippen LogP contribution in [0.2, 0.25) is 10.0 Å². The third-order valence-corrected chi connectivity index (χ3v) is 6.52. The number of carbonyl (C=O) groups is 1. The van der Waals surface area contributed by atoms with E-state index < -0.39 is 0 Å². The molecule has 8 heteroatoms. The van der Waals surface area contributed by atoms with Gasteiger partial charge in [0.05, 0.1) is 16.1 Å². The van der Waals surface area contributed by atoms with Crippen LogP contribution in [-0.4, -0.2) is 15.5 Å². The first kappa shape index (κ1) is 18.5. The van der Waals surface area contributed by atoms with Crippen molar-refractivity contribution in [2.24, 2.45) is 0 Å². The normalized spacial score (nSPS) is 13.6. The highest BCUT2D eigenvalue weighted by Gasteiger charge is 2.22. The lowest BCUT2D eigenvalue weighted by atomic mass is 9.97. The largest absolute Gasteiger partial charge is 0.323 e. The summed E-state index contributed by atoms with van der Waals surface area (Å²) in [7, 11) is 0. The molecule has 0 unspecified atom stereocenters. The summed E-state index contributed by atoms with van der Waals surface area (Å²) in [6.45, 7) is 1.63. The molecule has 1 N–H and O–H groups in total. The second-order valence-corrected chi connectivity index (χ2v) is 8.54. The van der Waals surface area contributed by atoms with Gasteiger partial charge in [0.2, 0.25) is 5.91 Å². The Bertz CT molecular complexity index is 1120. The third kappa shape index (κ3) is 3.49. The van der Waals surface area contributed by atoms with E-state index in [1.54, 1.807) is 36.5 Å². The summed E-state index contributed by atoms with van der Waals surface area (Å²) in [5, 5.41) is 4.25. The summed E-state index contributed by atoms with van der Waals surface area (Å²) in [6.07, 6.45) is 4.14. The SMILES string of the molecule is Cc1nc2sc3c(c2c(=O)n1CC(=O)Nc1cc(Cl)ccc1Cl)CCCC3. The number of hydrogen-bond acceptors (Lipinski definition) is 4. The lowest BCUT2D eigenvalue weighted by Gasteiger charge is -2.12. The van der Waals surface area contributed by atoms with E-state index in [9.17, 15) is 9.59 Å². The van der Waals surface area contributed by atoms with E-state index in [4.69, 9.17) is 23.2 Å². The number of nitrogens with zero attached hydrogens (tertiary/aromatic N) is 2. The maximum Gasteiger partial charge on any atom is 0.263 e. The molecule has 0 saturated carbocycles. The first-order valence-electron chi connectivity index (χ1n) is 8.70. The Morgan fingerprint density at radius 1 is 1.30 bits per heavy atom. The van der Waals surface area contributed by atoms with Crippen molar-refractivity contribution < 1.29 is 4.79 Å². The Labute approximate surface area is 169 Å². The molecule has 0 fully saturated rings. The molecule has 0 saturated heterocycles. The van der Waals surface area contributed by atoms with E-state index in [0.29, 0.717) is 26.9 Å². The van der Waals surface area contributed by atoms with Crippen molar-refractivity contribution in [3.8, 4) is 0 Å². The molecule has 27 heavy (non-hydrogen) atoms. The maximum atomic E-state index is 13.1. The summed E-state index contributed by atoms with van der Waals surface area (Å²) in [4.78, 5) is 32.2. The highest BCUT2D eigenvalue weighted by atomic mass is 35.5. The molecule has 140 valence electrons. The Balaban J connectivity index is 1.68. The van der Waals surface area contributed by atoms with Crippen LogP contribution in [0.4, 0.5) is 5.69 Å². The van der Waals surface area contributed by atoms with Gasteiger partial charge >= 0.3 is 0 Å². The van der Waals surface area contributed by atoms with Crippen LogP contribution < -0.4 is 10.9 Å². The van der Waals surface area contributed by atoms with Gasteiger partial charge in [0.25, 0.3) is 5.56 Å². The second kappa shape index (κ2) is 7.26. The number of amides is 1. The van der Waals surface area contributed by atoms with Gasteiger partial charge < -0.3 is 5.32 Å². The van der Waals surface area contributed by atoms with Crippen LogP contribution >= 0.6 is 34.5 Å². The van der Waals surface area contributed by atoms with Crippen molar-refractivity contribution in [2.45, 2.75) is 39.2 Å². The summed E-state index contributed by atoms with van der Waals surface area (Å²) >= 11 is 13.7. The Kier molecular flexibility index (Phi) is 4.97. The Morgan fingerprint density at radius 2 is 2.07 bits per heavy atom. The van der Waals surface area contributed by atoms with Gasteiger partial charge in [0.15, 0.2) is 0 Å². The average molecular weight is 422 g/mol. The number of hydrogen-bond donors (Lipinski definition) is 1. The van der Waals surface area contributed by atoms with Crippen LogP contribution in [0.25, 0.3) is 10.2 Å². The highest BCUT2D eigenvalue weighted by molar-refractivity contribution is 7.18. The zero-order valence-corrected chi connectivity index (χ0v) is 17.0. The predicted octanol–water partition coefficient (Wildman–Crippen LogP) is 4.59. The predicted molar refractivity (Wildman–Crippen MR) is 110 cm³/mol. The van der Waals surface area contributed by atoms with Gasteiger partial charge in [-0.25, -0.2) is 4.98 Å². The number of thiophene rings is 1. The molecular formula is C19H17Cl2N3O2S. The first-order chi connectivity index (χ1) is 12.9. The van der Waals surface area contributed by atoms with Crippen molar-refractivity contribution in [3.05, 3.63) is 54.9 Å². The van der Waals surface area contributed by atoms with E-state index in [2.05, 4.69) is 10.3 Å². The van der Waals surface area contributed by atoms with Gasteiger partial charge in [0, 0.05) is 9.90 Å². The monoisotopic (exact) mass is 421 g/mol. The number of carbonyl (C=O) groups excluding carboxylic acids is 1. The molecule has 4 rings (SSSR count). The van der Waals surface area contributed by atoms with E-state index in [0.717, 1.165) is 36.1 Å². The maximum absolute atomic E-state index is 13.1. The number of aromatic nitrogens is 2. The second-order valence-electron chi connectivity index (χ2n) is 6.61. The molecule has 1 amide bonds. The number of aryl methyl sites for hydroxylation is 3. The molecule has 0 spiro atoms. The van der Waals surface area contributed by atoms with Crippen LogP contribution in [0.5, 0.6) is 0 Å². The molecule has 2 heterocycles. The minimum atomic E-state index is -0.352. The van der Waals surface area contributed by atoms with Crippen LogP contribution in [0.15, 0.2) is 23.0 Å². The van der Waals surface area contributed by atoms with E-state index >= 15 is 0 Å². The fourth-order valence-corrected chi connectivity index (χ4v) is 5.09. The van der Waals surface area contributed by atoms with E-state index in [1.165, 1.54) is 9.44 Å². The van der Waals surface area contributed by atoms with Gasteiger partial charge in [-0.15, -0.1) is 11.3 Å². The van der Waals surface area contributed by atoms with Gasteiger partial charge in [0.1, 0.15) is 17.2 Å². The molecule has 5 nitrogen and oxygen atoms in total. The summed E-state index contributed by atoms with van der Waals surface area (Å²) in [5.41, 5.74) is 1.39. The quantitative estimate of drug-likeness (QED) is 0.672. The zero-order valence-electron chi connectivity index (χ0n) is 14.6. The first-order valence-corrected chi connectivity index (χ1v) is 10.3. The number of nitrogens with one attached hydrogen (secondary N) is 1. The highest BCUT2D eigenvalue weighted by Crippen LogP contribution is 2.33. The van der Waals surface area contributed by atoms with Crippen LogP contribution in [0.3, 0.4) is 0 Å². The number of rotatable bonds is 3. The minimum Gasteiger partial charge on any atom is -0.323 e. The van der Waals surface area contributed by atoms with Gasteiger partial charge in [-0.05, 0) is 56.4 Å². The van der Waals surface area contributed by atoms with Crippen molar-refractivity contribution >= 4 is 56.3 Å². The number of fused-ring (bicyclic) bond motifs is 3. The molecule has 1 aliphatic rings. The molecule has 1 aromatic carbocycles. The van der Waals surface area contributed by atoms with Crippen LogP contribution in [-0.2, 0) is 24.2 Å². The van der Waals surface area contributed by atoms with Crippen molar-refractivity contribution in [1.29, 1.82) is 0 Å². The van der Waals surface area contributed by atoms with Crippen molar-refractivity contribution in [1.82, 2.24) is 9.55 Å². The molecule has 2 aromatic heterocycles. The zero-order chi connectivity index (χ0) is 19.1. The number of benzene rings is 1. The average Bonchev–Trinajstić information content (AvgIpc) is 3.00. The molecule has 0 bridgehead atoms. The van der Waals surface area contributed by atoms with E-state index in [1.807, 2.05) is 0 Å². The van der Waals surface area contributed by atoms with Gasteiger partial charge in [-0.1, -0.05) is 23.2 Å². The fourth-order valence-electron chi connectivity index (χ4n) is 3.45. The molecule has 0 radical (unpaired) electrons. The summed E-state index contributed by atoms with van der Waals surface area (Å²) in [5.74, 6) is 0.174. The van der Waals surface area contributed by atoms with Crippen molar-refractivity contribution in [2.75, 3.05) is 5.32 Å². The lowest BCUT2D eigenvalue weighted by molar-refractivity contribution is -0.116. The Morgan fingerprint density at radius 3 is 2.89 bits per heavy atom. The molecular weight excluding hydrogens is 405 g/mol. The Hall–Kier alpha value is -1.89. The fraction of sp³-hybridized carbons (Fsp3) is 0.316. The third-order valence-electron chi connectivity index (χ3n) is 4.77. The minimum absolute atomic E-state index is 0.124. The van der Waals surface area contributed by atoms with Crippen LogP contribution in [0, 0.1) is 6.92 Å². The molecule has 0 aliphatic heterocycles. The van der Waals surface area contributed by atoms with Crippen LogP contribution in [0.1, 0.15) is 29.1 Å². The van der Waals surface area contributed by atoms with E-state index in [-0.39, 0.29) is 18.0 Å². The molecule has 3 aromatic rings. The standard InChI is InChI=1S/C19H17Cl2N3O2S/c1-10-22-18-17(12-4-2-3-5-15(12)27-18)19(26)24(10)9-16(25)23-14-8-11(20)6-7-13(14)21/h6-8H,2-5,9H2,1H3,(H,23,25). The lowest BCUT2D eigenvalue weighted by Crippen LogP contribution is -2.30. The van der Waals surface area contributed by atoms with Gasteiger partial charge in [-0.2, -0.15) is 0 Å². The smallest absolute Gasteiger partial charge is 0.263 e. The number of anilines is 1. The van der Waals surface area contributed by atoms with Crippen molar-refractivity contribution in [3.63, 3.8) is 0 Å². The summed E-state index contributed by atoms with van der Waals surface area (Å²) in [6, 6.07) is 4.84. The topological polar surface area (TPSA) is 64.0 Å². The van der Waals surface area contributed by atoms with Gasteiger partial charge in [-0.3, -0.25) is 14.2 Å².